The van der Waals surface area contributed by atoms with E-state index in [1.165, 1.54) is 40.5 Å². The molecule has 4 rings (SSSR count). The molecule has 0 unspecified atom stereocenters. The van der Waals surface area contributed by atoms with Gasteiger partial charge in [0.25, 0.3) is 0 Å². The lowest BCUT2D eigenvalue weighted by molar-refractivity contribution is 0.0600. The predicted molar refractivity (Wildman–Crippen MR) is 148 cm³/mol. The van der Waals surface area contributed by atoms with Crippen LogP contribution in [0.15, 0.2) is 60.7 Å². The fraction of sp³-hybridized carbons (Fsp3) is 0.424. The van der Waals surface area contributed by atoms with Crippen LogP contribution in [-0.2, 0) is 15.6 Å². The lowest BCUT2D eigenvalue weighted by Gasteiger charge is -2.22. The van der Waals surface area contributed by atoms with Gasteiger partial charge in [-0.3, -0.25) is 0 Å². The topological polar surface area (TPSA) is 35.5 Å². The third-order valence-electron chi connectivity index (χ3n) is 7.31. The number of ether oxygens (including phenoxy) is 2. The Balaban J connectivity index is 1.48. The van der Waals surface area contributed by atoms with Crippen LogP contribution in [-0.4, -0.2) is 19.7 Å². The highest BCUT2D eigenvalue weighted by molar-refractivity contribution is 5.89. The first-order chi connectivity index (χ1) is 17.0. The molecule has 1 aliphatic rings. The summed E-state index contributed by atoms with van der Waals surface area (Å²) < 4.78 is 10.7. The molecule has 0 atom stereocenters. The Morgan fingerprint density at radius 2 is 1.28 bits per heavy atom. The summed E-state index contributed by atoms with van der Waals surface area (Å²) in [6.07, 6.45) is 3.17. The van der Waals surface area contributed by atoms with E-state index in [0.29, 0.717) is 18.1 Å². The maximum atomic E-state index is 11.6. The number of carbonyl (C=O) groups is 1. The molecule has 3 aromatic rings. The first-order valence-electron chi connectivity index (χ1n) is 13.1. The van der Waals surface area contributed by atoms with Crippen LogP contribution in [0.5, 0.6) is 5.75 Å². The van der Waals surface area contributed by atoms with Crippen LogP contribution in [0.1, 0.15) is 99.3 Å². The molecule has 0 heterocycles. The average Bonchev–Trinajstić information content (AvgIpc) is 3.15. The summed E-state index contributed by atoms with van der Waals surface area (Å²) in [7, 11) is 1.39. The third-order valence-corrected chi connectivity index (χ3v) is 7.31. The van der Waals surface area contributed by atoms with Crippen LogP contribution in [0, 0.1) is 0 Å². The second-order valence-corrected chi connectivity index (χ2v) is 12.0. The molecule has 0 bridgehead atoms. The van der Waals surface area contributed by atoms with Crippen LogP contribution in [0.4, 0.5) is 0 Å². The van der Waals surface area contributed by atoms with Crippen molar-refractivity contribution < 1.29 is 14.3 Å². The van der Waals surface area contributed by atoms with Gasteiger partial charge in [0.1, 0.15) is 5.75 Å². The lowest BCUT2D eigenvalue weighted by Crippen LogP contribution is -2.12. The quantitative estimate of drug-likeness (QED) is 0.249. The van der Waals surface area contributed by atoms with Crippen LogP contribution in [0.2, 0.25) is 0 Å². The van der Waals surface area contributed by atoms with E-state index in [-0.39, 0.29) is 16.8 Å². The largest absolute Gasteiger partial charge is 0.494 e. The number of esters is 1. The zero-order chi connectivity index (χ0) is 26.1. The van der Waals surface area contributed by atoms with E-state index in [0.717, 1.165) is 25.0 Å². The molecule has 0 spiro atoms. The van der Waals surface area contributed by atoms with Gasteiger partial charge in [-0.2, -0.15) is 0 Å². The number of methoxy groups -OCH3 is 1. The van der Waals surface area contributed by atoms with Crippen molar-refractivity contribution in [2.75, 3.05) is 13.7 Å². The molecule has 3 heteroatoms. The molecule has 0 saturated heterocycles. The van der Waals surface area contributed by atoms with Crippen LogP contribution in [0.3, 0.4) is 0 Å². The summed E-state index contributed by atoms with van der Waals surface area (Å²) in [6, 6.07) is 21.4. The minimum Gasteiger partial charge on any atom is -0.494 e. The van der Waals surface area contributed by atoms with Gasteiger partial charge in [0.15, 0.2) is 0 Å². The molecule has 0 aliphatic heterocycles. The number of hydrogen-bond donors (Lipinski definition) is 0. The molecule has 0 fully saturated rings. The van der Waals surface area contributed by atoms with Crippen molar-refractivity contribution in [1.29, 1.82) is 0 Å². The SMILES string of the molecule is COC(=O)c1ccc(OCCCCC2c3cc(C(C)(C)C)ccc3-c3ccc(C(C)(C)C)cc32)cc1. The molecule has 0 saturated carbocycles. The van der Waals surface area contributed by atoms with Crippen molar-refractivity contribution in [3.8, 4) is 16.9 Å². The van der Waals surface area contributed by atoms with E-state index in [4.69, 9.17) is 9.47 Å². The Kier molecular flexibility index (Phi) is 7.31. The second kappa shape index (κ2) is 10.1. The van der Waals surface area contributed by atoms with E-state index in [9.17, 15) is 4.79 Å². The summed E-state index contributed by atoms with van der Waals surface area (Å²) in [4.78, 5) is 11.6. The zero-order valence-electron chi connectivity index (χ0n) is 22.9. The standard InChI is InChI=1S/C33H40O3/c1-32(2,3)23-13-17-27-28-18-14-24(33(4,5)6)21-30(28)26(29(27)20-23)10-8-9-19-36-25-15-11-22(12-16-25)31(34)35-7/h11-18,20-21,26H,8-10,19H2,1-7H3. The Labute approximate surface area is 216 Å². The molecular formula is C33H40O3. The number of unbranched alkanes of at least 4 members (excludes halogenated alkanes) is 1. The summed E-state index contributed by atoms with van der Waals surface area (Å²) in [6.45, 7) is 14.4. The fourth-order valence-electron chi connectivity index (χ4n) is 5.05. The highest BCUT2D eigenvalue weighted by Gasteiger charge is 2.31. The molecule has 0 aromatic heterocycles. The molecule has 0 amide bonds. The summed E-state index contributed by atoms with van der Waals surface area (Å²) in [5, 5.41) is 0. The summed E-state index contributed by atoms with van der Waals surface area (Å²) >= 11 is 0. The van der Waals surface area contributed by atoms with Gasteiger partial charge in [-0.05, 0) is 87.7 Å². The number of hydrogen-bond acceptors (Lipinski definition) is 3. The molecule has 190 valence electrons. The lowest BCUT2D eigenvalue weighted by atomic mass is 9.82. The first kappa shape index (κ1) is 26.0. The van der Waals surface area contributed by atoms with Gasteiger partial charge in [0.05, 0.1) is 19.3 Å². The molecular weight excluding hydrogens is 444 g/mol. The Morgan fingerprint density at radius 3 is 1.75 bits per heavy atom. The highest BCUT2D eigenvalue weighted by atomic mass is 16.5. The fourth-order valence-corrected chi connectivity index (χ4v) is 5.05. The number of rotatable bonds is 7. The van der Waals surface area contributed by atoms with Gasteiger partial charge in [0, 0.05) is 5.92 Å². The molecule has 0 N–H and O–H groups in total. The molecule has 1 aliphatic carbocycles. The van der Waals surface area contributed by atoms with Crippen molar-refractivity contribution in [2.45, 2.75) is 77.6 Å². The number of carbonyl (C=O) groups excluding carboxylic acids is 1. The van der Waals surface area contributed by atoms with Gasteiger partial charge in [-0.15, -0.1) is 0 Å². The van der Waals surface area contributed by atoms with Crippen molar-refractivity contribution in [3.05, 3.63) is 88.5 Å². The minimum atomic E-state index is -0.331. The second-order valence-electron chi connectivity index (χ2n) is 12.0. The number of benzene rings is 3. The summed E-state index contributed by atoms with van der Waals surface area (Å²) in [5.74, 6) is 0.866. The Hall–Kier alpha value is -3.07. The van der Waals surface area contributed by atoms with E-state index >= 15 is 0 Å². The highest BCUT2D eigenvalue weighted by Crippen LogP contribution is 2.49. The van der Waals surface area contributed by atoms with Gasteiger partial charge in [-0.1, -0.05) is 77.9 Å². The first-order valence-corrected chi connectivity index (χ1v) is 13.1. The average molecular weight is 485 g/mol. The van der Waals surface area contributed by atoms with Crippen molar-refractivity contribution in [2.24, 2.45) is 0 Å². The minimum absolute atomic E-state index is 0.127. The maximum absolute atomic E-state index is 11.6. The third kappa shape index (κ3) is 5.51. The van der Waals surface area contributed by atoms with Crippen molar-refractivity contribution in [3.63, 3.8) is 0 Å². The van der Waals surface area contributed by atoms with E-state index in [1.807, 2.05) is 12.1 Å². The normalized spacial score (nSPS) is 13.3. The van der Waals surface area contributed by atoms with E-state index in [2.05, 4.69) is 77.9 Å². The molecule has 0 radical (unpaired) electrons. The Morgan fingerprint density at radius 1 is 0.750 bits per heavy atom. The maximum Gasteiger partial charge on any atom is 0.337 e. The zero-order valence-corrected chi connectivity index (χ0v) is 22.9. The van der Waals surface area contributed by atoms with E-state index in [1.54, 1.807) is 12.1 Å². The van der Waals surface area contributed by atoms with E-state index < -0.39 is 0 Å². The van der Waals surface area contributed by atoms with Crippen LogP contribution >= 0.6 is 0 Å². The molecule has 36 heavy (non-hydrogen) atoms. The predicted octanol–water partition coefficient (Wildman–Crippen LogP) is 8.43. The van der Waals surface area contributed by atoms with Crippen molar-refractivity contribution >= 4 is 5.97 Å². The van der Waals surface area contributed by atoms with Gasteiger partial charge in [-0.25, -0.2) is 4.79 Å². The van der Waals surface area contributed by atoms with Gasteiger partial charge in [0.2, 0.25) is 0 Å². The summed E-state index contributed by atoms with van der Waals surface area (Å²) in [5.41, 5.74) is 9.32. The van der Waals surface area contributed by atoms with Crippen molar-refractivity contribution in [1.82, 2.24) is 0 Å². The van der Waals surface area contributed by atoms with Gasteiger partial charge < -0.3 is 9.47 Å². The Bertz CT molecular complexity index is 1160. The number of fused-ring (bicyclic) bond motifs is 3. The molecule has 3 aromatic carbocycles. The monoisotopic (exact) mass is 484 g/mol. The van der Waals surface area contributed by atoms with Crippen LogP contribution in [0.25, 0.3) is 11.1 Å². The molecule has 3 nitrogen and oxygen atoms in total. The van der Waals surface area contributed by atoms with Crippen LogP contribution < -0.4 is 4.74 Å². The van der Waals surface area contributed by atoms with Gasteiger partial charge >= 0.3 is 5.97 Å². The smallest absolute Gasteiger partial charge is 0.337 e.